The van der Waals surface area contributed by atoms with Crippen molar-refractivity contribution in [2.45, 2.75) is 40.0 Å². The highest BCUT2D eigenvalue weighted by atomic mass is 16.4. The highest BCUT2D eigenvalue weighted by Gasteiger charge is 2.25. The predicted octanol–water partition coefficient (Wildman–Crippen LogP) is 0.229. The summed E-state index contributed by atoms with van der Waals surface area (Å²) in [6.07, 6.45) is 0.505. The standard InChI is InChI=1S/C13H23N3O5/c1-4-5-14-10(18)8-15-12(21)16-9(17)6-13(2,3)7-11(19)20/h4-8H2,1-3H3,(H,14,18)(H,19,20)(H2,15,16,17,21). The lowest BCUT2D eigenvalue weighted by molar-refractivity contribution is -0.139. The van der Waals surface area contributed by atoms with Crippen LogP contribution in [-0.2, 0) is 14.4 Å². The van der Waals surface area contributed by atoms with Crippen LogP contribution in [0.2, 0.25) is 0 Å². The SMILES string of the molecule is CCCNC(=O)CNC(=O)NC(=O)CC(C)(C)CC(=O)O. The monoisotopic (exact) mass is 301 g/mol. The van der Waals surface area contributed by atoms with Crippen LogP contribution in [0.15, 0.2) is 0 Å². The quantitative estimate of drug-likeness (QED) is 0.511. The Labute approximate surface area is 123 Å². The van der Waals surface area contributed by atoms with E-state index in [1.54, 1.807) is 13.8 Å². The number of carbonyl (C=O) groups is 4. The number of aliphatic carboxylic acids is 1. The molecular weight excluding hydrogens is 278 g/mol. The molecule has 0 spiro atoms. The lowest BCUT2D eigenvalue weighted by Gasteiger charge is -2.21. The van der Waals surface area contributed by atoms with Gasteiger partial charge in [-0.15, -0.1) is 0 Å². The maximum absolute atomic E-state index is 11.6. The molecule has 120 valence electrons. The molecule has 0 aromatic heterocycles. The third-order valence-corrected chi connectivity index (χ3v) is 2.50. The molecule has 0 saturated carbocycles. The third-order valence-electron chi connectivity index (χ3n) is 2.50. The van der Waals surface area contributed by atoms with Crippen LogP contribution in [0.5, 0.6) is 0 Å². The first-order valence-corrected chi connectivity index (χ1v) is 6.72. The van der Waals surface area contributed by atoms with Crippen LogP contribution < -0.4 is 16.0 Å². The zero-order valence-corrected chi connectivity index (χ0v) is 12.6. The van der Waals surface area contributed by atoms with Crippen molar-refractivity contribution in [1.29, 1.82) is 0 Å². The van der Waals surface area contributed by atoms with E-state index in [0.29, 0.717) is 6.54 Å². The van der Waals surface area contributed by atoms with E-state index in [1.165, 1.54) is 0 Å². The fourth-order valence-corrected chi connectivity index (χ4v) is 1.61. The van der Waals surface area contributed by atoms with Gasteiger partial charge in [-0.1, -0.05) is 20.8 Å². The molecule has 0 aliphatic carbocycles. The minimum absolute atomic E-state index is 0.102. The Morgan fingerprint density at radius 1 is 1.00 bits per heavy atom. The number of rotatable bonds is 8. The van der Waals surface area contributed by atoms with Crippen molar-refractivity contribution < 1.29 is 24.3 Å². The van der Waals surface area contributed by atoms with Gasteiger partial charge in [0.1, 0.15) is 0 Å². The largest absolute Gasteiger partial charge is 0.481 e. The minimum atomic E-state index is -1.01. The Kier molecular flexibility index (Phi) is 8.03. The van der Waals surface area contributed by atoms with E-state index in [2.05, 4.69) is 16.0 Å². The fraction of sp³-hybridized carbons (Fsp3) is 0.692. The van der Waals surface area contributed by atoms with Crippen LogP contribution in [0.25, 0.3) is 0 Å². The number of nitrogens with one attached hydrogen (secondary N) is 3. The number of imide groups is 1. The van der Waals surface area contributed by atoms with Gasteiger partial charge >= 0.3 is 12.0 Å². The van der Waals surface area contributed by atoms with Gasteiger partial charge < -0.3 is 15.7 Å². The zero-order valence-electron chi connectivity index (χ0n) is 12.6. The number of amides is 4. The summed E-state index contributed by atoms with van der Waals surface area (Å²) in [7, 11) is 0. The second-order valence-electron chi connectivity index (χ2n) is 5.49. The molecule has 8 heteroatoms. The molecule has 0 aliphatic heterocycles. The van der Waals surface area contributed by atoms with Crippen LogP contribution in [0.3, 0.4) is 0 Å². The van der Waals surface area contributed by atoms with E-state index in [9.17, 15) is 19.2 Å². The summed E-state index contributed by atoms with van der Waals surface area (Å²) in [5.74, 6) is -1.94. The maximum Gasteiger partial charge on any atom is 0.321 e. The van der Waals surface area contributed by atoms with Crippen molar-refractivity contribution in [3.63, 3.8) is 0 Å². The van der Waals surface area contributed by atoms with Crippen LogP contribution >= 0.6 is 0 Å². The van der Waals surface area contributed by atoms with Crippen molar-refractivity contribution in [2.24, 2.45) is 5.41 Å². The molecule has 4 amide bonds. The van der Waals surface area contributed by atoms with E-state index < -0.39 is 23.3 Å². The lowest BCUT2D eigenvalue weighted by Crippen LogP contribution is -2.45. The first-order chi connectivity index (χ1) is 9.66. The lowest BCUT2D eigenvalue weighted by atomic mass is 9.85. The first-order valence-electron chi connectivity index (χ1n) is 6.72. The Morgan fingerprint density at radius 3 is 2.14 bits per heavy atom. The number of hydrogen-bond donors (Lipinski definition) is 4. The van der Waals surface area contributed by atoms with Gasteiger partial charge in [0, 0.05) is 13.0 Å². The highest BCUT2D eigenvalue weighted by Crippen LogP contribution is 2.24. The summed E-state index contributed by atoms with van der Waals surface area (Å²) in [6, 6.07) is -0.780. The molecule has 0 aromatic rings. The molecule has 0 heterocycles. The van der Waals surface area contributed by atoms with Gasteiger partial charge in [0.2, 0.25) is 11.8 Å². The summed E-state index contributed by atoms with van der Waals surface area (Å²) in [4.78, 5) is 44.9. The summed E-state index contributed by atoms with van der Waals surface area (Å²) in [5.41, 5.74) is -0.755. The molecule has 0 atom stereocenters. The molecule has 0 saturated heterocycles. The fourth-order valence-electron chi connectivity index (χ4n) is 1.61. The molecule has 0 rings (SSSR count). The van der Waals surface area contributed by atoms with Gasteiger partial charge in [-0.2, -0.15) is 0 Å². The maximum atomic E-state index is 11.6. The second-order valence-corrected chi connectivity index (χ2v) is 5.49. The van der Waals surface area contributed by atoms with Gasteiger partial charge in [-0.25, -0.2) is 4.79 Å². The Balaban J connectivity index is 4.07. The van der Waals surface area contributed by atoms with Crippen LogP contribution in [-0.4, -0.2) is 42.0 Å². The van der Waals surface area contributed by atoms with E-state index in [4.69, 9.17) is 5.11 Å². The Hall–Kier alpha value is -2.12. The molecule has 4 N–H and O–H groups in total. The first kappa shape index (κ1) is 18.9. The van der Waals surface area contributed by atoms with E-state index >= 15 is 0 Å². The number of urea groups is 1. The van der Waals surface area contributed by atoms with Gasteiger partial charge in [0.25, 0.3) is 0 Å². The molecule has 8 nitrogen and oxygen atoms in total. The predicted molar refractivity (Wildman–Crippen MR) is 75.5 cm³/mol. The smallest absolute Gasteiger partial charge is 0.321 e. The molecule has 0 bridgehead atoms. The van der Waals surface area contributed by atoms with Crippen LogP contribution in [0, 0.1) is 5.41 Å². The normalized spacial score (nSPS) is 10.6. The topological polar surface area (TPSA) is 125 Å². The van der Waals surface area contributed by atoms with Crippen molar-refractivity contribution in [3.8, 4) is 0 Å². The van der Waals surface area contributed by atoms with E-state index in [1.807, 2.05) is 6.92 Å². The molecule has 21 heavy (non-hydrogen) atoms. The van der Waals surface area contributed by atoms with Crippen molar-refractivity contribution in [2.75, 3.05) is 13.1 Å². The van der Waals surface area contributed by atoms with Crippen LogP contribution in [0.4, 0.5) is 4.79 Å². The van der Waals surface area contributed by atoms with Gasteiger partial charge in [0.15, 0.2) is 0 Å². The third kappa shape index (κ3) is 10.3. The Morgan fingerprint density at radius 2 is 1.62 bits per heavy atom. The van der Waals surface area contributed by atoms with E-state index in [0.717, 1.165) is 6.42 Å². The van der Waals surface area contributed by atoms with E-state index in [-0.39, 0.29) is 25.3 Å². The molecular formula is C13H23N3O5. The average Bonchev–Trinajstić information content (AvgIpc) is 2.30. The van der Waals surface area contributed by atoms with Gasteiger partial charge in [-0.05, 0) is 11.8 Å². The highest BCUT2D eigenvalue weighted by molar-refractivity contribution is 5.96. The van der Waals surface area contributed by atoms with Crippen molar-refractivity contribution in [1.82, 2.24) is 16.0 Å². The molecule has 0 aromatic carbocycles. The molecule has 0 aliphatic rings. The van der Waals surface area contributed by atoms with Gasteiger partial charge in [-0.3, -0.25) is 19.7 Å². The molecule has 0 unspecified atom stereocenters. The van der Waals surface area contributed by atoms with Gasteiger partial charge in [0.05, 0.1) is 13.0 Å². The second kappa shape index (κ2) is 8.93. The number of hydrogen-bond acceptors (Lipinski definition) is 4. The van der Waals surface area contributed by atoms with Crippen molar-refractivity contribution in [3.05, 3.63) is 0 Å². The minimum Gasteiger partial charge on any atom is -0.481 e. The summed E-state index contributed by atoms with van der Waals surface area (Å²) in [6.45, 7) is 5.44. The van der Waals surface area contributed by atoms with Crippen molar-refractivity contribution >= 4 is 23.8 Å². The average molecular weight is 301 g/mol. The molecule has 0 fully saturated rings. The number of carboxylic acids is 1. The summed E-state index contributed by atoms with van der Waals surface area (Å²) in [5, 5.41) is 15.6. The Bertz CT molecular complexity index is 407. The summed E-state index contributed by atoms with van der Waals surface area (Å²) < 4.78 is 0. The number of carboxylic acid groups (broad SMARTS) is 1. The molecule has 0 radical (unpaired) electrons. The summed E-state index contributed by atoms with van der Waals surface area (Å²) >= 11 is 0. The van der Waals surface area contributed by atoms with Crippen LogP contribution in [0.1, 0.15) is 40.0 Å². The number of carbonyl (C=O) groups excluding carboxylic acids is 3. The zero-order chi connectivity index (χ0) is 16.5.